The highest BCUT2D eigenvalue weighted by molar-refractivity contribution is 7.09. The minimum Gasteiger partial charge on any atom is -0.306 e. The number of aromatic nitrogens is 1. The molecule has 0 aliphatic heterocycles. The Labute approximate surface area is 129 Å². The van der Waals surface area contributed by atoms with Gasteiger partial charge in [-0.05, 0) is 37.1 Å². The van der Waals surface area contributed by atoms with Crippen LogP contribution in [-0.4, -0.2) is 11.5 Å². The van der Waals surface area contributed by atoms with Gasteiger partial charge in [0.2, 0.25) is 0 Å². The van der Waals surface area contributed by atoms with E-state index < -0.39 is 0 Å². The van der Waals surface area contributed by atoms with E-state index in [2.05, 4.69) is 59.2 Å². The molecule has 116 valence electrons. The molecule has 1 heterocycles. The molecule has 0 saturated heterocycles. The van der Waals surface area contributed by atoms with Gasteiger partial charge in [-0.3, -0.25) is 0 Å². The lowest BCUT2D eigenvalue weighted by molar-refractivity contribution is 0.227. The van der Waals surface area contributed by atoms with Gasteiger partial charge in [0.25, 0.3) is 0 Å². The molecule has 0 aliphatic rings. The molecule has 1 rings (SSSR count). The third-order valence-electron chi connectivity index (χ3n) is 3.55. The normalized spacial score (nSPS) is 12.9. The molecule has 0 spiro atoms. The van der Waals surface area contributed by atoms with Crippen molar-refractivity contribution in [3.05, 3.63) is 16.1 Å². The topological polar surface area (TPSA) is 24.9 Å². The SMILES string of the molecule is CCNC(CC(C)C)(CC(C)C)c1nc(C(C)C)cs1. The minimum atomic E-state index is 0.0505. The summed E-state index contributed by atoms with van der Waals surface area (Å²) in [7, 11) is 0. The van der Waals surface area contributed by atoms with Crippen LogP contribution in [0.2, 0.25) is 0 Å². The molecule has 0 atom stereocenters. The Balaban J connectivity index is 3.16. The lowest BCUT2D eigenvalue weighted by atomic mass is 9.82. The highest BCUT2D eigenvalue weighted by Crippen LogP contribution is 2.37. The summed E-state index contributed by atoms with van der Waals surface area (Å²) in [6, 6.07) is 0. The minimum absolute atomic E-state index is 0.0505. The van der Waals surface area contributed by atoms with Crippen molar-refractivity contribution in [3.8, 4) is 0 Å². The maximum Gasteiger partial charge on any atom is 0.113 e. The van der Waals surface area contributed by atoms with Crippen molar-refractivity contribution in [1.29, 1.82) is 0 Å². The lowest BCUT2D eigenvalue weighted by Gasteiger charge is -2.36. The van der Waals surface area contributed by atoms with Gasteiger partial charge >= 0.3 is 0 Å². The summed E-state index contributed by atoms with van der Waals surface area (Å²) < 4.78 is 0. The van der Waals surface area contributed by atoms with Crippen LogP contribution in [0.3, 0.4) is 0 Å². The van der Waals surface area contributed by atoms with E-state index in [1.54, 1.807) is 0 Å². The lowest BCUT2D eigenvalue weighted by Crippen LogP contribution is -2.44. The molecule has 0 aliphatic carbocycles. The van der Waals surface area contributed by atoms with Crippen LogP contribution in [-0.2, 0) is 5.54 Å². The summed E-state index contributed by atoms with van der Waals surface area (Å²) in [5, 5.41) is 7.30. The highest BCUT2D eigenvalue weighted by atomic mass is 32.1. The first-order valence-electron chi connectivity index (χ1n) is 8.01. The second kappa shape index (κ2) is 7.56. The fourth-order valence-corrected chi connectivity index (χ4v) is 4.16. The van der Waals surface area contributed by atoms with Crippen molar-refractivity contribution in [2.75, 3.05) is 6.54 Å². The zero-order chi connectivity index (χ0) is 15.3. The number of rotatable bonds is 8. The number of hydrogen-bond donors (Lipinski definition) is 1. The Kier molecular flexibility index (Phi) is 6.67. The molecule has 0 saturated carbocycles. The summed E-state index contributed by atoms with van der Waals surface area (Å²) in [6.07, 6.45) is 2.31. The van der Waals surface area contributed by atoms with Crippen LogP contribution in [0.4, 0.5) is 0 Å². The smallest absolute Gasteiger partial charge is 0.113 e. The number of nitrogens with zero attached hydrogens (tertiary/aromatic N) is 1. The van der Waals surface area contributed by atoms with E-state index >= 15 is 0 Å². The van der Waals surface area contributed by atoms with Crippen LogP contribution >= 0.6 is 11.3 Å². The van der Waals surface area contributed by atoms with Gasteiger partial charge in [-0.15, -0.1) is 11.3 Å². The first kappa shape index (κ1) is 17.6. The fourth-order valence-electron chi connectivity index (χ4n) is 2.98. The summed E-state index contributed by atoms with van der Waals surface area (Å²) >= 11 is 1.84. The van der Waals surface area contributed by atoms with E-state index in [4.69, 9.17) is 4.98 Å². The molecule has 0 bridgehead atoms. The number of thiazole rings is 1. The Morgan fingerprint density at radius 2 is 1.65 bits per heavy atom. The van der Waals surface area contributed by atoms with Crippen LogP contribution in [0.5, 0.6) is 0 Å². The Bertz CT molecular complexity index is 383. The van der Waals surface area contributed by atoms with Gasteiger partial charge in [0.1, 0.15) is 5.01 Å². The Morgan fingerprint density at radius 3 is 2.00 bits per heavy atom. The predicted octanol–water partition coefficient (Wildman–Crippen LogP) is 5.16. The molecule has 0 aromatic carbocycles. The van der Waals surface area contributed by atoms with E-state index in [0.717, 1.165) is 19.4 Å². The summed E-state index contributed by atoms with van der Waals surface area (Å²) in [5.41, 5.74) is 1.29. The molecule has 3 heteroatoms. The number of hydrogen-bond acceptors (Lipinski definition) is 3. The molecule has 1 aromatic heterocycles. The summed E-state index contributed by atoms with van der Waals surface area (Å²) in [5.74, 6) is 1.84. The van der Waals surface area contributed by atoms with Crippen molar-refractivity contribution in [3.63, 3.8) is 0 Å². The van der Waals surface area contributed by atoms with E-state index in [9.17, 15) is 0 Å². The van der Waals surface area contributed by atoms with Gasteiger partial charge < -0.3 is 5.32 Å². The third-order valence-corrected chi connectivity index (χ3v) is 4.62. The maximum absolute atomic E-state index is 4.96. The molecule has 0 fully saturated rings. The second-order valence-corrected chi connectivity index (χ2v) is 7.90. The van der Waals surface area contributed by atoms with Crippen LogP contribution in [0.25, 0.3) is 0 Å². The van der Waals surface area contributed by atoms with Gasteiger partial charge in [-0.2, -0.15) is 0 Å². The third kappa shape index (κ3) is 4.56. The first-order valence-corrected chi connectivity index (χ1v) is 8.89. The van der Waals surface area contributed by atoms with E-state index in [1.165, 1.54) is 10.7 Å². The molecular formula is C17H32N2S. The molecule has 2 nitrogen and oxygen atoms in total. The second-order valence-electron chi connectivity index (χ2n) is 7.04. The van der Waals surface area contributed by atoms with Crippen molar-refractivity contribution >= 4 is 11.3 Å². The van der Waals surface area contributed by atoms with E-state index in [0.29, 0.717) is 17.8 Å². The monoisotopic (exact) mass is 296 g/mol. The van der Waals surface area contributed by atoms with E-state index in [1.807, 2.05) is 11.3 Å². The van der Waals surface area contributed by atoms with Crippen molar-refractivity contribution in [1.82, 2.24) is 10.3 Å². The van der Waals surface area contributed by atoms with Crippen molar-refractivity contribution in [2.45, 2.75) is 72.8 Å². The quantitative estimate of drug-likeness (QED) is 0.716. The highest BCUT2D eigenvalue weighted by Gasteiger charge is 2.35. The van der Waals surface area contributed by atoms with Gasteiger partial charge in [-0.1, -0.05) is 48.5 Å². The maximum atomic E-state index is 4.96. The van der Waals surface area contributed by atoms with Crippen molar-refractivity contribution in [2.24, 2.45) is 11.8 Å². The van der Waals surface area contributed by atoms with Gasteiger partial charge in [-0.25, -0.2) is 4.98 Å². The summed E-state index contributed by atoms with van der Waals surface area (Å²) in [6.45, 7) is 16.9. The molecular weight excluding hydrogens is 264 g/mol. The Morgan fingerprint density at radius 1 is 1.10 bits per heavy atom. The molecule has 0 radical (unpaired) electrons. The molecule has 1 aromatic rings. The fraction of sp³-hybridized carbons (Fsp3) is 0.824. The van der Waals surface area contributed by atoms with Crippen LogP contribution in [0.1, 0.15) is 77.9 Å². The van der Waals surface area contributed by atoms with Crippen LogP contribution < -0.4 is 5.32 Å². The molecule has 0 unspecified atom stereocenters. The molecule has 0 amide bonds. The first-order chi connectivity index (χ1) is 9.30. The predicted molar refractivity (Wildman–Crippen MR) is 90.5 cm³/mol. The average molecular weight is 297 g/mol. The molecule has 1 N–H and O–H groups in total. The van der Waals surface area contributed by atoms with E-state index in [-0.39, 0.29) is 5.54 Å². The largest absolute Gasteiger partial charge is 0.306 e. The van der Waals surface area contributed by atoms with Gasteiger partial charge in [0, 0.05) is 5.38 Å². The van der Waals surface area contributed by atoms with Gasteiger partial charge in [0.15, 0.2) is 0 Å². The standard InChI is InChI=1S/C17H32N2S/c1-8-18-17(9-12(2)3,10-13(4)5)16-19-15(11-20-16)14(6)7/h11-14,18H,8-10H2,1-7H3. The van der Waals surface area contributed by atoms with Crippen molar-refractivity contribution < 1.29 is 0 Å². The zero-order valence-corrected chi connectivity index (χ0v) is 15.1. The summed E-state index contributed by atoms with van der Waals surface area (Å²) in [4.78, 5) is 4.96. The van der Waals surface area contributed by atoms with Crippen LogP contribution in [0, 0.1) is 11.8 Å². The number of nitrogens with one attached hydrogen (secondary N) is 1. The zero-order valence-electron chi connectivity index (χ0n) is 14.3. The average Bonchev–Trinajstić information content (AvgIpc) is 2.76. The molecule has 20 heavy (non-hydrogen) atoms. The Hall–Kier alpha value is -0.410. The van der Waals surface area contributed by atoms with Gasteiger partial charge in [0.05, 0.1) is 11.2 Å². The van der Waals surface area contributed by atoms with Crippen LogP contribution in [0.15, 0.2) is 5.38 Å².